The molecular formula is C14H20N4O3. The van der Waals surface area contributed by atoms with E-state index < -0.39 is 11.4 Å². The van der Waals surface area contributed by atoms with E-state index in [1.54, 1.807) is 22.8 Å². The van der Waals surface area contributed by atoms with Gasteiger partial charge in [0.15, 0.2) is 0 Å². The molecule has 0 aliphatic carbocycles. The lowest BCUT2D eigenvalue weighted by molar-refractivity contribution is -0.153. The van der Waals surface area contributed by atoms with Gasteiger partial charge in [-0.2, -0.15) is 5.10 Å². The number of hydrogen-bond donors (Lipinski definition) is 1. The number of aliphatic carboxylic acids is 1. The Morgan fingerprint density at radius 3 is 2.76 bits per heavy atom. The molecule has 114 valence electrons. The molecule has 21 heavy (non-hydrogen) atoms. The summed E-state index contributed by atoms with van der Waals surface area (Å²) in [7, 11) is 3.70. The number of carboxylic acid groups (broad SMARTS) is 1. The lowest BCUT2D eigenvalue weighted by Gasteiger charge is -2.39. The van der Waals surface area contributed by atoms with Crippen LogP contribution in [0.1, 0.15) is 16.8 Å². The van der Waals surface area contributed by atoms with Crippen molar-refractivity contribution in [2.45, 2.75) is 6.42 Å². The van der Waals surface area contributed by atoms with Crippen molar-refractivity contribution in [2.24, 2.45) is 18.4 Å². The lowest BCUT2D eigenvalue weighted by atomic mass is 9.73. The van der Waals surface area contributed by atoms with Crippen LogP contribution in [0.15, 0.2) is 12.4 Å². The Bertz CT molecular complexity index is 585. The fourth-order valence-electron chi connectivity index (χ4n) is 3.64. The van der Waals surface area contributed by atoms with Crippen LogP contribution in [0.3, 0.4) is 0 Å². The maximum Gasteiger partial charge on any atom is 0.313 e. The molecule has 2 unspecified atom stereocenters. The highest BCUT2D eigenvalue weighted by Crippen LogP contribution is 2.42. The molecule has 3 rings (SSSR count). The van der Waals surface area contributed by atoms with Gasteiger partial charge in [-0.1, -0.05) is 0 Å². The van der Waals surface area contributed by atoms with Crippen molar-refractivity contribution >= 4 is 11.9 Å². The van der Waals surface area contributed by atoms with E-state index in [2.05, 4.69) is 5.10 Å². The van der Waals surface area contributed by atoms with Gasteiger partial charge in [-0.15, -0.1) is 0 Å². The van der Waals surface area contributed by atoms with Crippen molar-refractivity contribution in [3.8, 4) is 0 Å². The van der Waals surface area contributed by atoms with Gasteiger partial charge in [0, 0.05) is 32.9 Å². The summed E-state index contributed by atoms with van der Waals surface area (Å²) in [4.78, 5) is 28.1. The van der Waals surface area contributed by atoms with Crippen LogP contribution in [-0.4, -0.2) is 69.8 Å². The van der Waals surface area contributed by atoms with Crippen LogP contribution in [0.4, 0.5) is 0 Å². The van der Waals surface area contributed by atoms with E-state index in [4.69, 9.17) is 0 Å². The molecule has 2 aliphatic heterocycles. The molecule has 0 aromatic carbocycles. The van der Waals surface area contributed by atoms with Gasteiger partial charge in [0.1, 0.15) is 5.41 Å². The second kappa shape index (κ2) is 4.84. The standard InChI is InChI=1S/C14H20N4O3/c1-16-4-3-11-7-18(9-14(11,8-16)13(20)21)12(19)10-5-15-17(2)6-10/h5-6,11H,3-4,7-9H2,1-2H3,(H,20,21). The molecule has 2 atom stereocenters. The Morgan fingerprint density at radius 1 is 1.38 bits per heavy atom. The normalized spacial score (nSPS) is 29.4. The Kier molecular flexibility index (Phi) is 3.24. The van der Waals surface area contributed by atoms with E-state index in [1.165, 1.54) is 6.20 Å². The number of amides is 1. The second-order valence-electron chi connectivity index (χ2n) is 6.27. The average Bonchev–Trinajstić information content (AvgIpc) is 3.01. The van der Waals surface area contributed by atoms with Gasteiger partial charge in [0.25, 0.3) is 5.91 Å². The predicted molar refractivity (Wildman–Crippen MR) is 74.8 cm³/mol. The molecule has 1 amide bonds. The fraction of sp³-hybridized carbons (Fsp3) is 0.643. The number of rotatable bonds is 2. The molecule has 7 heteroatoms. The molecule has 0 radical (unpaired) electrons. The van der Waals surface area contributed by atoms with Crippen LogP contribution in [0.5, 0.6) is 0 Å². The number of nitrogens with zero attached hydrogens (tertiary/aromatic N) is 4. The summed E-state index contributed by atoms with van der Waals surface area (Å²) in [5, 5.41) is 13.7. The maximum absolute atomic E-state index is 12.5. The zero-order chi connectivity index (χ0) is 15.2. The Balaban J connectivity index is 1.85. The predicted octanol–water partition coefficient (Wildman–Crippen LogP) is -0.101. The fourth-order valence-corrected chi connectivity index (χ4v) is 3.64. The number of carbonyl (C=O) groups is 2. The van der Waals surface area contributed by atoms with Crippen molar-refractivity contribution in [2.75, 3.05) is 33.2 Å². The second-order valence-corrected chi connectivity index (χ2v) is 6.27. The monoisotopic (exact) mass is 292 g/mol. The molecular weight excluding hydrogens is 272 g/mol. The van der Waals surface area contributed by atoms with E-state index >= 15 is 0 Å². The van der Waals surface area contributed by atoms with E-state index in [1.807, 2.05) is 11.9 Å². The van der Waals surface area contributed by atoms with Gasteiger partial charge < -0.3 is 14.9 Å². The van der Waals surface area contributed by atoms with E-state index in [0.29, 0.717) is 18.7 Å². The van der Waals surface area contributed by atoms with Gasteiger partial charge in [-0.05, 0) is 25.9 Å². The lowest BCUT2D eigenvalue weighted by Crippen LogP contribution is -2.52. The van der Waals surface area contributed by atoms with Gasteiger partial charge in [0.05, 0.1) is 11.8 Å². The molecule has 2 saturated heterocycles. The van der Waals surface area contributed by atoms with Crippen molar-refractivity contribution < 1.29 is 14.7 Å². The molecule has 1 N–H and O–H groups in total. The molecule has 7 nitrogen and oxygen atoms in total. The minimum Gasteiger partial charge on any atom is -0.481 e. The Hall–Kier alpha value is -1.89. The highest BCUT2D eigenvalue weighted by atomic mass is 16.4. The molecule has 0 bridgehead atoms. The number of hydrogen-bond acceptors (Lipinski definition) is 4. The van der Waals surface area contributed by atoms with Crippen molar-refractivity contribution in [3.05, 3.63) is 18.0 Å². The summed E-state index contributed by atoms with van der Waals surface area (Å²) in [5.41, 5.74) is -0.310. The zero-order valence-corrected chi connectivity index (χ0v) is 12.3. The molecule has 0 spiro atoms. The summed E-state index contributed by atoms with van der Waals surface area (Å²) in [6.07, 6.45) is 4.02. The highest BCUT2D eigenvalue weighted by Gasteiger charge is 2.55. The smallest absolute Gasteiger partial charge is 0.313 e. The number of aryl methyl sites for hydroxylation is 1. The van der Waals surface area contributed by atoms with Gasteiger partial charge >= 0.3 is 5.97 Å². The van der Waals surface area contributed by atoms with Crippen LogP contribution in [-0.2, 0) is 11.8 Å². The first kappa shape index (κ1) is 14.1. The SMILES string of the molecule is CN1CCC2CN(C(=O)c3cnn(C)c3)CC2(C(=O)O)C1. The number of likely N-dealkylation sites (tertiary alicyclic amines) is 2. The first-order valence-corrected chi connectivity index (χ1v) is 7.12. The van der Waals surface area contributed by atoms with Gasteiger partial charge in [-0.25, -0.2) is 0 Å². The number of aromatic nitrogens is 2. The summed E-state index contributed by atoms with van der Waals surface area (Å²) in [6, 6.07) is 0. The van der Waals surface area contributed by atoms with E-state index in [0.717, 1.165) is 13.0 Å². The Morgan fingerprint density at radius 2 is 2.14 bits per heavy atom. The van der Waals surface area contributed by atoms with Crippen LogP contribution >= 0.6 is 0 Å². The number of carboxylic acids is 1. The quantitative estimate of drug-likeness (QED) is 0.823. The first-order chi connectivity index (χ1) is 9.92. The topological polar surface area (TPSA) is 78.7 Å². The zero-order valence-electron chi connectivity index (χ0n) is 12.3. The van der Waals surface area contributed by atoms with Crippen LogP contribution in [0, 0.1) is 11.3 Å². The third-order valence-electron chi connectivity index (χ3n) is 4.77. The average molecular weight is 292 g/mol. The third-order valence-corrected chi connectivity index (χ3v) is 4.77. The first-order valence-electron chi connectivity index (χ1n) is 7.12. The van der Waals surface area contributed by atoms with E-state index in [9.17, 15) is 14.7 Å². The third kappa shape index (κ3) is 2.21. The van der Waals surface area contributed by atoms with Gasteiger partial charge in [0.2, 0.25) is 0 Å². The minimum atomic E-state index is -0.829. The largest absolute Gasteiger partial charge is 0.481 e. The van der Waals surface area contributed by atoms with Crippen LogP contribution in [0.2, 0.25) is 0 Å². The molecule has 3 heterocycles. The van der Waals surface area contributed by atoms with Crippen molar-refractivity contribution in [1.82, 2.24) is 19.6 Å². The maximum atomic E-state index is 12.5. The molecule has 2 aliphatic rings. The van der Waals surface area contributed by atoms with Crippen molar-refractivity contribution in [3.63, 3.8) is 0 Å². The molecule has 1 aromatic heterocycles. The van der Waals surface area contributed by atoms with Crippen LogP contribution in [0.25, 0.3) is 0 Å². The summed E-state index contributed by atoms with van der Waals surface area (Å²) >= 11 is 0. The Labute approximate surface area is 123 Å². The van der Waals surface area contributed by atoms with E-state index in [-0.39, 0.29) is 18.4 Å². The minimum absolute atomic E-state index is 0.0341. The summed E-state index contributed by atoms with van der Waals surface area (Å²) in [6.45, 7) is 2.19. The molecule has 0 saturated carbocycles. The van der Waals surface area contributed by atoms with Crippen molar-refractivity contribution in [1.29, 1.82) is 0 Å². The highest BCUT2D eigenvalue weighted by molar-refractivity contribution is 5.94. The van der Waals surface area contributed by atoms with Gasteiger partial charge in [-0.3, -0.25) is 14.3 Å². The summed E-state index contributed by atoms with van der Waals surface area (Å²) in [5.74, 6) is -0.881. The molecule has 2 fully saturated rings. The summed E-state index contributed by atoms with van der Waals surface area (Å²) < 4.78 is 1.58. The number of piperidine rings is 1. The van der Waals surface area contributed by atoms with Crippen LogP contribution < -0.4 is 0 Å². The number of fused-ring (bicyclic) bond motifs is 1. The number of carbonyl (C=O) groups excluding carboxylic acids is 1. The molecule has 1 aromatic rings.